The van der Waals surface area contributed by atoms with E-state index in [9.17, 15) is 19.8 Å². The zero-order valence-electron chi connectivity index (χ0n) is 39.6. The number of carbonyl (C=O) groups is 2. The highest BCUT2D eigenvalue weighted by molar-refractivity contribution is 5.77. The lowest BCUT2D eigenvalue weighted by Crippen LogP contribution is -2.46. The average Bonchev–Trinajstić information content (AvgIpc) is 3.24. The highest BCUT2D eigenvalue weighted by atomic mass is 16.5. The van der Waals surface area contributed by atoms with Gasteiger partial charge in [0.15, 0.2) is 0 Å². The lowest BCUT2D eigenvalue weighted by molar-refractivity contribution is -0.151. The van der Waals surface area contributed by atoms with Crippen molar-refractivity contribution < 1.29 is 24.5 Å². The Labute approximate surface area is 371 Å². The molecule has 0 aliphatic heterocycles. The molecule has 0 aliphatic carbocycles. The van der Waals surface area contributed by atoms with Gasteiger partial charge in [0.05, 0.1) is 25.2 Å². The Morgan fingerprint density at radius 3 is 1.40 bits per heavy atom. The predicted octanol–water partition coefficient (Wildman–Crippen LogP) is 15.2. The molecule has 0 saturated heterocycles. The Morgan fingerprint density at radius 1 is 0.500 bits per heavy atom. The van der Waals surface area contributed by atoms with E-state index in [2.05, 4.69) is 86.8 Å². The van der Waals surface area contributed by atoms with Crippen LogP contribution in [-0.2, 0) is 14.3 Å². The predicted molar refractivity (Wildman–Crippen MR) is 259 cm³/mol. The van der Waals surface area contributed by atoms with Gasteiger partial charge in [-0.15, -0.1) is 0 Å². The van der Waals surface area contributed by atoms with E-state index in [1.807, 2.05) is 0 Å². The Balaban J connectivity index is 4.65. The van der Waals surface area contributed by atoms with Gasteiger partial charge in [0.1, 0.15) is 6.10 Å². The summed E-state index contributed by atoms with van der Waals surface area (Å²) in [7, 11) is 0. The number of carbonyl (C=O) groups excluding carboxylic acids is 2. The molecule has 3 unspecified atom stereocenters. The third kappa shape index (κ3) is 42.3. The van der Waals surface area contributed by atoms with Crippen molar-refractivity contribution in [1.29, 1.82) is 0 Å². The van der Waals surface area contributed by atoms with Crippen LogP contribution in [0.1, 0.15) is 245 Å². The molecule has 0 aromatic heterocycles. The molecule has 0 heterocycles. The average molecular weight is 840 g/mol. The van der Waals surface area contributed by atoms with Crippen LogP contribution < -0.4 is 5.32 Å². The molecule has 0 aromatic rings. The number of ether oxygens (including phenoxy) is 1. The fraction of sp³-hybridized carbons (Fsp3) is 0.778. The standard InChI is InChI=1S/C54H97NO5/c1-4-7-10-13-16-19-22-24-26-27-28-29-31-33-36-39-42-45-50(60-54(59)47-44-41-38-35-32-30-25-23-20-17-14-11-8-5-2)48-53(58)55-51(49-56)52(57)46-43-40-37-34-21-18-15-12-9-6-3/h8,11,16-17,19-20,24,26,28-29,50-52,56-57H,4-7,9-10,12-15,18,21-23,25,27,30-49H2,1-3H3,(H,55,58)/b11-8+,19-16-,20-17+,26-24-,29-28-. The van der Waals surface area contributed by atoms with E-state index < -0.39 is 18.2 Å². The molecule has 0 radical (unpaired) electrons. The van der Waals surface area contributed by atoms with Crippen LogP contribution in [-0.4, -0.2) is 46.9 Å². The Hall–Kier alpha value is -2.44. The second-order valence-corrected chi connectivity index (χ2v) is 17.2. The molecule has 3 N–H and O–H groups in total. The molecule has 6 nitrogen and oxygen atoms in total. The first-order chi connectivity index (χ1) is 29.5. The van der Waals surface area contributed by atoms with Crippen molar-refractivity contribution in [2.45, 2.75) is 264 Å². The number of rotatable bonds is 45. The van der Waals surface area contributed by atoms with Crippen molar-refractivity contribution in [3.8, 4) is 0 Å². The van der Waals surface area contributed by atoms with Crippen molar-refractivity contribution >= 4 is 11.9 Å². The highest BCUT2D eigenvalue weighted by Crippen LogP contribution is 2.17. The summed E-state index contributed by atoms with van der Waals surface area (Å²) in [5, 5.41) is 23.7. The van der Waals surface area contributed by atoms with Crippen LogP contribution in [0.4, 0.5) is 0 Å². The number of hydrogen-bond acceptors (Lipinski definition) is 5. The fourth-order valence-corrected chi connectivity index (χ4v) is 7.47. The van der Waals surface area contributed by atoms with Gasteiger partial charge in [-0.05, 0) is 89.9 Å². The Kier molecular flexibility index (Phi) is 45.7. The fourth-order valence-electron chi connectivity index (χ4n) is 7.47. The summed E-state index contributed by atoms with van der Waals surface area (Å²) in [5.41, 5.74) is 0. The number of nitrogens with one attached hydrogen (secondary N) is 1. The first-order valence-corrected chi connectivity index (χ1v) is 25.5. The van der Waals surface area contributed by atoms with E-state index in [4.69, 9.17) is 4.74 Å². The number of hydrogen-bond donors (Lipinski definition) is 3. The zero-order chi connectivity index (χ0) is 43.8. The maximum absolute atomic E-state index is 13.2. The van der Waals surface area contributed by atoms with Crippen LogP contribution in [0.3, 0.4) is 0 Å². The van der Waals surface area contributed by atoms with E-state index >= 15 is 0 Å². The van der Waals surface area contributed by atoms with E-state index in [0.29, 0.717) is 19.3 Å². The van der Waals surface area contributed by atoms with Gasteiger partial charge in [-0.1, -0.05) is 204 Å². The minimum Gasteiger partial charge on any atom is -0.462 e. The zero-order valence-corrected chi connectivity index (χ0v) is 39.6. The molecule has 0 aromatic carbocycles. The molecule has 0 rings (SSSR count). The quantitative estimate of drug-likeness (QED) is 0.0322. The molecule has 0 aliphatic rings. The first-order valence-electron chi connectivity index (χ1n) is 25.5. The molecular weight excluding hydrogens is 743 g/mol. The van der Waals surface area contributed by atoms with Crippen molar-refractivity contribution in [2.75, 3.05) is 6.61 Å². The van der Waals surface area contributed by atoms with Crippen molar-refractivity contribution in [3.63, 3.8) is 0 Å². The number of aliphatic hydroxyl groups is 2. The molecule has 0 bridgehead atoms. The molecule has 0 fully saturated rings. The van der Waals surface area contributed by atoms with Gasteiger partial charge in [-0.2, -0.15) is 0 Å². The summed E-state index contributed by atoms with van der Waals surface area (Å²) in [6.45, 7) is 6.33. The number of aliphatic hydroxyl groups excluding tert-OH is 2. The van der Waals surface area contributed by atoms with Gasteiger partial charge in [0.2, 0.25) is 5.91 Å². The Morgan fingerprint density at radius 2 is 0.900 bits per heavy atom. The monoisotopic (exact) mass is 840 g/mol. The van der Waals surface area contributed by atoms with Gasteiger partial charge >= 0.3 is 5.97 Å². The van der Waals surface area contributed by atoms with Crippen LogP contribution in [0.5, 0.6) is 0 Å². The smallest absolute Gasteiger partial charge is 0.306 e. The second kappa shape index (κ2) is 47.6. The third-order valence-electron chi connectivity index (χ3n) is 11.3. The Bertz CT molecular complexity index is 1080. The number of unbranched alkanes of at least 4 members (excludes halogenated alkanes) is 23. The normalized spacial score (nSPS) is 13.8. The van der Waals surface area contributed by atoms with E-state index in [-0.39, 0.29) is 24.9 Å². The summed E-state index contributed by atoms with van der Waals surface area (Å²) in [5.74, 6) is -0.504. The van der Waals surface area contributed by atoms with Crippen LogP contribution in [0.15, 0.2) is 60.8 Å². The lowest BCUT2D eigenvalue weighted by Gasteiger charge is -2.24. The SMILES string of the molecule is CC/C=C/C/C=C/CCCCCCCCCC(=O)OC(CCCCCC/C=C\C/C=C\C/C=C\CCCCC)CC(=O)NC(CO)C(O)CCCCCCCCCCCC. The van der Waals surface area contributed by atoms with Gasteiger partial charge in [-0.25, -0.2) is 0 Å². The van der Waals surface area contributed by atoms with Crippen molar-refractivity contribution in [2.24, 2.45) is 0 Å². The molecule has 3 atom stereocenters. The van der Waals surface area contributed by atoms with Crippen LogP contribution >= 0.6 is 0 Å². The van der Waals surface area contributed by atoms with Gasteiger partial charge in [-0.3, -0.25) is 9.59 Å². The van der Waals surface area contributed by atoms with Crippen molar-refractivity contribution in [1.82, 2.24) is 5.32 Å². The highest BCUT2D eigenvalue weighted by Gasteiger charge is 2.24. The van der Waals surface area contributed by atoms with Crippen LogP contribution in [0.2, 0.25) is 0 Å². The lowest BCUT2D eigenvalue weighted by atomic mass is 10.0. The minimum absolute atomic E-state index is 0.0583. The van der Waals surface area contributed by atoms with E-state index in [1.165, 1.54) is 96.3 Å². The summed E-state index contributed by atoms with van der Waals surface area (Å²) in [6, 6.07) is -0.711. The summed E-state index contributed by atoms with van der Waals surface area (Å²) in [4.78, 5) is 26.1. The summed E-state index contributed by atoms with van der Waals surface area (Å²) in [6.07, 6.45) is 58.5. The van der Waals surface area contributed by atoms with E-state index in [1.54, 1.807) is 0 Å². The molecule has 6 heteroatoms. The van der Waals surface area contributed by atoms with Crippen LogP contribution in [0, 0.1) is 0 Å². The molecule has 0 saturated carbocycles. The molecule has 0 spiro atoms. The van der Waals surface area contributed by atoms with Crippen LogP contribution in [0.25, 0.3) is 0 Å². The maximum atomic E-state index is 13.2. The van der Waals surface area contributed by atoms with Gasteiger partial charge in [0, 0.05) is 6.42 Å². The van der Waals surface area contributed by atoms with Gasteiger partial charge in [0.25, 0.3) is 0 Å². The number of allylic oxidation sites excluding steroid dienone is 10. The van der Waals surface area contributed by atoms with Gasteiger partial charge < -0.3 is 20.3 Å². The number of amides is 1. The molecular formula is C54H97NO5. The summed E-state index contributed by atoms with van der Waals surface area (Å²) < 4.78 is 5.92. The maximum Gasteiger partial charge on any atom is 0.306 e. The number of esters is 1. The third-order valence-corrected chi connectivity index (χ3v) is 11.3. The minimum atomic E-state index is -0.795. The topological polar surface area (TPSA) is 95.9 Å². The largest absolute Gasteiger partial charge is 0.462 e. The summed E-state index contributed by atoms with van der Waals surface area (Å²) >= 11 is 0. The van der Waals surface area contributed by atoms with E-state index in [0.717, 1.165) is 103 Å². The molecule has 60 heavy (non-hydrogen) atoms. The molecule has 348 valence electrons. The first kappa shape index (κ1) is 57.6. The molecule has 1 amide bonds. The second-order valence-electron chi connectivity index (χ2n) is 17.2. The van der Waals surface area contributed by atoms with Crippen molar-refractivity contribution in [3.05, 3.63) is 60.8 Å².